The molecule has 2 nitrogen and oxygen atoms in total. The molecule has 0 aromatic rings. The maximum absolute atomic E-state index is 11.9. The summed E-state index contributed by atoms with van der Waals surface area (Å²) in [5, 5.41) is 3.29. The molecule has 14 heavy (non-hydrogen) atoms. The van der Waals surface area contributed by atoms with Crippen molar-refractivity contribution in [1.82, 2.24) is 5.32 Å². The van der Waals surface area contributed by atoms with Gasteiger partial charge >= 0.3 is 0 Å². The van der Waals surface area contributed by atoms with E-state index in [-0.39, 0.29) is 11.2 Å². The van der Waals surface area contributed by atoms with Gasteiger partial charge < -0.3 is 5.32 Å². The van der Waals surface area contributed by atoms with Gasteiger partial charge in [-0.25, -0.2) is 0 Å². The van der Waals surface area contributed by atoms with Gasteiger partial charge in [-0.05, 0) is 32.4 Å². The molecule has 0 radical (unpaired) electrons. The van der Waals surface area contributed by atoms with Crippen molar-refractivity contribution < 1.29 is 4.79 Å². The van der Waals surface area contributed by atoms with Gasteiger partial charge in [-0.15, -0.1) is 6.42 Å². The fourth-order valence-electron chi connectivity index (χ4n) is 2.33. The summed E-state index contributed by atoms with van der Waals surface area (Å²) in [7, 11) is 0. The zero-order valence-corrected chi connectivity index (χ0v) is 8.94. The molecule has 1 aliphatic heterocycles. The van der Waals surface area contributed by atoms with Crippen molar-refractivity contribution >= 4 is 5.78 Å². The molecule has 0 amide bonds. The number of hydrogen-bond donors (Lipinski definition) is 1. The number of Topliss-reactive ketones (excluding diaryl/α,β-unsaturated/α-hetero) is 1. The molecule has 78 valence electrons. The van der Waals surface area contributed by atoms with Crippen LogP contribution in [0.1, 0.15) is 39.0 Å². The first-order valence-electron chi connectivity index (χ1n) is 5.42. The van der Waals surface area contributed by atoms with Gasteiger partial charge in [-0.1, -0.05) is 19.3 Å². The largest absolute Gasteiger partial charge is 0.317 e. The third kappa shape index (κ3) is 2.36. The van der Waals surface area contributed by atoms with Crippen LogP contribution in [0.4, 0.5) is 0 Å². The molecule has 0 aromatic carbocycles. The van der Waals surface area contributed by atoms with Crippen LogP contribution in [0.3, 0.4) is 0 Å². The Morgan fingerprint density at radius 2 is 2.14 bits per heavy atom. The Hall–Kier alpha value is -0.810. The highest BCUT2D eigenvalue weighted by Gasteiger charge is 2.37. The van der Waals surface area contributed by atoms with Crippen molar-refractivity contribution in [2.45, 2.75) is 39.0 Å². The normalized spacial score (nSPS) is 20.0. The van der Waals surface area contributed by atoms with Crippen LogP contribution in [0.5, 0.6) is 0 Å². The molecule has 0 aliphatic carbocycles. The Labute approximate surface area is 86.5 Å². The van der Waals surface area contributed by atoms with Crippen molar-refractivity contribution in [3.8, 4) is 12.3 Å². The highest BCUT2D eigenvalue weighted by atomic mass is 16.1. The quantitative estimate of drug-likeness (QED) is 0.689. The minimum absolute atomic E-state index is 0.105. The monoisotopic (exact) mass is 193 g/mol. The number of hydrogen-bond acceptors (Lipinski definition) is 2. The summed E-state index contributed by atoms with van der Waals surface area (Å²) in [6, 6.07) is 0. The second-order valence-corrected chi connectivity index (χ2v) is 4.08. The third-order valence-corrected chi connectivity index (χ3v) is 3.14. The first kappa shape index (κ1) is 11.3. The Balaban J connectivity index is 2.69. The number of nitrogens with one attached hydrogen (secondary N) is 1. The van der Waals surface area contributed by atoms with Crippen molar-refractivity contribution in [2.24, 2.45) is 5.41 Å². The van der Waals surface area contributed by atoms with E-state index in [0.717, 1.165) is 38.8 Å². The third-order valence-electron chi connectivity index (χ3n) is 3.14. The van der Waals surface area contributed by atoms with Crippen molar-refractivity contribution in [2.75, 3.05) is 13.1 Å². The van der Waals surface area contributed by atoms with Gasteiger partial charge in [-0.2, -0.15) is 0 Å². The van der Waals surface area contributed by atoms with Crippen LogP contribution in [0.25, 0.3) is 0 Å². The smallest absolute Gasteiger partial charge is 0.150 e. The molecular weight excluding hydrogens is 174 g/mol. The molecular formula is C12H19NO. The van der Waals surface area contributed by atoms with Gasteiger partial charge in [0.2, 0.25) is 0 Å². The molecule has 0 saturated carbocycles. The topological polar surface area (TPSA) is 29.1 Å². The summed E-state index contributed by atoms with van der Waals surface area (Å²) >= 11 is 0. The van der Waals surface area contributed by atoms with Gasteiger partial charge in [0.1, 0.15) is 0 Å². The van der Waals surface area contributed by atoms with Crippen LogP contribution in [-0.2, 0) is 4.79 Å². The summed E-state index contributed by atoms with van der Waals surface area (Å²) in [6.07, 6.45) is 9.49. The summed E-state index contributed by atoms with van der Waals surface area (Å²) in [5.74, 6) is 2.76. The molecule has 1 saturated heterocycles. The fraction of sp³-hybridized carbons (Fsp3) is 0.750. The maximum Gasteiger partial charge on any atom is 0.150 e. The van der Waals surface area contributed by atoms with Gasteiger partial charge in [0, 0.05) is 5.41 Å². The van der Waals surface area contributed by atoms with Gasteiger partial charge in [0.05, 0.1) is 6.42 Å². The van der Waals surface area contributed by atoms with Crippen LogP contribution < -0.4 is 5.32 Å². The predicted molar refractivity (Wildman–Crippen MR) is 57.9 cm³/mol. The Bertz CT molecular complexity index is 228. The van der Waals surface area contributed by atoms with E-state index in [2.05, 4.69) is 18.2 Å². The summed E-state index contributed by atoms with van der Waals surface area (Å²) in [5.41, 5.74) is -0.105. The van der Waals surface area contributed by atoms with E-state index in [1.165, 1.54) is 0 Å². The first-order chi connectivity index (χ1) is 6.75. The fourth-order valence-corrected chi connectivity index (χ4v) is 2.33. The van der Waals surface area contributed by atoms with Gasteiger partial charge in [0.15, 0.2) is 5.78 Å². The van der Waals surface area contributed by atoms with Gasteiger partial charge in [-0.3, -0.25) is 4.79 Å². The highest BCUT2D eigenvalue weighted by Crippen LogP contribution is 2.35. The average molecular weight is 193 g/mol. The number of rotatable bonds is 4. The highest BCUT2D eigenvalue weighted by molar-refractivity contribution is 5.86. The lowest BCUT2D eigenvalue weighted by Gasteiger charge is -2.35. The average Bonchev–Trinajstić information content (AvgIpc) is 2.20. The summed E-state index contributed by atoms with van der Waals surface area (Å²) in [6.45, 7) is 4.04. The first-order valence-corrected chi connectivity index (χ1v) is 5.42. The lowest BCUT2D eigenvalue weighted by Crippen LogP contribution is -2.42. The molecule has 0 spiro atoms. The maximum atomic E-state index is 11.9. The molecule has 0 atom stereocenters. The SMILES string of the molecule is C#CCC(=O)C1(CCC)CCNCC1. The van der Waals surface area contributed by atoms with Gasteiger partial charge in [0.25, 0.3) is 0 Å². The van der Waals surface area contributed by atoms with Crippen LogP contribution in [0.2, 0.25) is 0 Å². The zero-order chi connectivity index (χ0) is 10.4. The lowest BCUT2D eigenvalue weighted by molar-refractivity contribution is -0.129. The number of ketones is 1. The minimum Gasteiger partial charge on any atom is -0.317 e. The van der Waals surface area contributed by atoms with E-state index in [1.54, 1.807) is 0 Å². The summed E-state index contributed by atoms with van der Waals surface area (Å²) < 4.78 is 0. The molecule has 1 N–H and O–H groups in total. The summed E-state index contributed by atoms with van der Waals surface area (Å²) in [4.78, 5) is 11.9. The van der Waals surface area contributed by atoms with E-state index >= 15 is 0 Å². The molecule has 1 fully saturated rings. The van der Waals surface area contributed by atoms with E-state index in [1.807, 2.05) is 0 Å². The van der Waals surface area contributed by atoms with Crippen LogP contribution in [0.15, 0.2) is 0 Å². The van der Waals surface area contributed by atoms with Crippen LogP contribution in [-0.4, -0.2) is 18.9 Å². The molecule has 1 rings (SSSR count). The number of carbonyl (C=O) groups is 1. The predicted octanol–water partition coefficient (Wildman–Crippen LogP) is 1.75. The molecule has 0 unspecified atom stereocenters. The molecule has 2 heteroatoms. The standard InChI is InChI=1S/C12H19NO/c1-3-5-11(14)12(6-4-2)7-9-13-10-8-12/h1,13H,4-10H2,2H3. The van der Waals surface area contributed by atoms with E-state index in [4.69, 9.17) is 6.42 Å². The van der Waals surface area contributed by atoms with Crippen LogP contribution >= 0.6 is 0 Å². The van der Waals surface area contributed by atoms with Crippen molar-refractivity contribution in [1.29, 1.82) is 0 Å². The zero-order valence-electron chi connectivity index (χ0n) is 8.94. The van der Waals surface area contributed by atoms with E-state index in [0.29, 0.717) is 6.42 Å². The molecule has 0 aromatic heterocycles. The second kappa shape index (κ2) is 5.17. The van der Waals surface area contributed by atoms with Crippen LogP contribution in [0, 0.1) is 17.8 Å². The minimum atomic E-state index is -0.105. The Morgan fingerprint density at radius 3 is 2.64 bits per heavy atom. The number of terminal acetylenes is 1. The number of piperidine rings is 1. The van der Waals surface area contributed by atoms with Crippen molar-refractivity contribution in [3.63, 3.8) is 0 Å². The Kier molecular flexibility index (Phi) is 4.16. The molecule has 1 aliphatic rings. The van der Waals surface area contributed by atoms with E-state index < -0.39 is 0 Å². The lowest BCUT2D eigenvalue weighted by atomic mass is 9.71. The second-order valence-electron chi connectivity index (χ2n) is 4.08. The molecule has 1 heterocycles. The van der Waals surface area contributed by atoms with E-state index in [9.17, 15) is 4.79 Å². The molecule has 0 bridgehead atoms. The number of carbonyl (C=O) groups excluding carboxylic acids is 1. The van der Waals surface area contributed by atoms with Crippen molar-refractivity contribution in [3.05, 3.63) is 0 Å². The Morgan fingerprint density at radius 1 is 1.50 bits per heavy atom.